The van der Waals surface area contributed by atoms with Crippen LogP contribution in [-0.2, 0) is 16.3 Å². The maximum Gasteiger partial charge on any atom is 0.150 e. The molecule has 0 bridgehead atoms. The van der Waals surface area contributed by atoms with Gasteiger partial charge in [-0.3, -0.25) is 0 Å². The highest BCUT2D eigenvalue weighted by Gasteiger charge is 2.16. The van der Waals surface area contributed by atoms with Gasteiger partial charge in [0.25, 0.3) is 0 Å². The number of benzene rings is 1. The number of hydrogen-bond donors (Lipinski definition) is 1. The van der Waals surface area contributed by atoms with Gasteiger partial charge in [0, 0.05) is 11.3 Å². The van der Waals surface area contributed by atoms with Crippen molar-refractivity contribution in [3.05, 3.63) is 29.3 Å². The minimum Gasteiger partial charge on any atom is -0.494 e. The lowest BCUT2D eigenvalue weighted by atomic mass is 9.90. The Hall–Kier alpha value is -1.56. The van der Waals surface area contributed by atoms with Crippen molar-refractivity contribution in [3.63, 3.8) is 0 Å². The summed E-state index contributed by atoms with van der Waals surface area (Å²) < 4.78 is 28.4. The van der Waals surface area contributed by atoms with Gasteiger partial charge in [0.2, 0.25) is 0 Å². The molecule has 0 saturated carbocycles. The van der Waals surface area contributed by atoms with E-state index >= 15 is 0 Å². The van der Waals surface area contributed by atoms with Crippen LogP contribution in [0, 0.1) is 0 Å². The third-order valence-electron chi connectivity index (χ3n) is 3.68. The van der Waals surface area contributed by atoms with Crippen LogP contribution in [0.3, 0.4) is 0 Å². The molecular formula is C15H21NO4S. The Kier molecular flexibility index (Phi) is 5.22. The zero-order chi connectivity index (χ0) is 15.3. The third-order valence-corrected chi connectivity index (χ3v) is 5.47. The van der Waals surface area contributed by atoms with Crippen LogP contribution in [0.25, 0.3) is 0 Å². The molecule has 0 heterocycles. The summed E-state index contributed by atoms with van der Waals surface area (Å²) in [7, 11) is -2.93. The van der Waals surface area contributed by atoms with Crippen molar-refractivity contribution in [3.8, 4) is 5.75 Å². The second-order valence-electron chi connectivity index (χ2n) is 5.16. The maximum absolute atomic E-state index is 11.4. The molecule has 0 saturated heterocycles. The van der Waals surface area contributed by atoms with Crippen molar-refractivity contribution in [1.29, 1.82) is 0 Å². The number of ether oxygens (including phenoxy) is 1. The topological polar surface area (TPSA) is 76.0 Å². The Labute approximate surface area is 125 Å². The van der Waals surface area contributed by atoms with Crippen molar-refractivity contribution >= 4 is 15.5 Å². The molecule has 116 valence electrons. The highest BCUT2D eigenvalue weighted by atomic mass is 32.2. The fourth-order valence-corrected chi connectivity index (χ4v) is 3.28. The molecule has 0 fully saturated rings. The lowest BCUT2D eigenvalue weighted by Gasteiger charge is -2.18. The normalized spacial score (nSPS) is 16.7. The molecule has 1 aromatic carbocycles. The molecule has 6 heteroatoms. The van der Waals surface area contributed by atoms with Gasteiger partial charge in [-0.2, -0.15) is 0 Å². The summed E-state index contributed by atoms with van der Waals surface area (Å²) in [6.07, 6.45) is 3.21. The SMILES string of the molecule is CCS(=O)(=O)CCCOc1ccc2c(c1)/C(=N\O)CCC2. The molecule has 0 spiro atoms. The van der Waals surface area contributed by atoms with Crippen molar-refractivity contribution in [2.75, 3.05) is 18.1 Å². The van der Waals surface area contributed by atoms with Gasteiger partial charge in [-0.05, 0) is 43.4 Å². The summed E-state index contributed by atoms with van der Waals surface area (Å²) in [5.74, 6) is 1.01. The molecule has 0 aromatic heterocycles. The molecule has 1 aromatic rings. The third kappa shape index (κ3) is 4.20. The van der Waals surface area contributed by atoms with E-state index in [1.54, 1.807) is 6.92 Å². The summed E-state index contributed by atoms with van der Waals surface area (Å²) in [4.78, 5) is 0. The number of rotatable bonds is 6. The van der Waals surface area contributed by atoms with Gasteiger partial charge < -0.3 is 9.94 Å². The Morgan fingerprint density at radius 3 is 2.86 bits per heavy atom. The van der Waals surface area contributed by atoms with Gasteiger partial charge in [-0.25, -0.2) is 8.42 Å². The van der Waals surface area contributed by atoms with Crippen molar-refractivity contribution in [2.45, 2.75) is 32.6 Å². The monoisotopic (exact) mass is 311 g/mol. The van der Waals surface area contributed by atoms with Crippen LogP contribution in [-0.4, -0.2) is 37.4 Å². The quantitative estimate of drug-likeness (QED) is 0.497. The van der Waals surface area contributed by atoms with E-state index in [1.165, 1.54) is 0 Å². The molecule has 0 amide bonds. The van der Waals surface area contributed by atoms with Crippen molar-refractivity contribution in [2.24, 2.45) is 5.16 Å². The molecule has 2 rings (SSSR count). The number of sulfone groups is 1. The Bertz CT molecular complexity index is 623. The maximum atomic E-state index is 11.4. The van der Waals surface area contributed by atoms with Crippen LogP contribution in [0.1, 0.15) is 37.3 Å². The minimum absolute atomic E-state index is 0.151. The summed E-state index contributed by atoms with van der Waals surface area (Å²) in [6, 6.07) is 5.74. The Morgan fingerprint density at radius 2 is 2.14 bits per heavy atom. The molecule has 21 heavy (non-hydrogen) atoms. The van der Waals surface area contributed by atoms with E-state index in [4.69, 9.17) is 9.94 Å². The molecule has 0 unspecified atom stereocenters. The summed E-state index contributed by atoms with van der Waals surface area (Å²) in [5.41, 5.74) is 2.78. The van der Waals surface area contributed by atoms with Crippen LogP contribution >= 0.6 is 0 Å². The van der Waals surface area contributed by atoms with Gasteiger partial charge >= 0.3 is 0 Å². The fraction of sp³-hybridized carbons (Fsp3) is 0.533. The highest BCUT2D eigenvalue weighted by Crippen LogP contribution is 2.26. The molecule has 5 nitrogen and oxygen atoms in total. The van der Waals surface area contributed by atoms with Gasteiger partial charge in [0.1, 0.15) is 15.6 Å². The molecule has 1 aliphatic carbocycles. The lowest BCUT2D eigenvalue weighted by molar-refractivity contribution is 0.315. The summed E-state index contributed by atoms with van der Waals surface area (Å²) in [5, 5.41) is 12.4. The summed E-state index contributed by atoms with van der Waals surface area (Å²) >= 11 is 0. The minimum atomic E-state index is -2.93. The van der Waals surface area contributed by atoms with E-state index in [2.05, 4.69) is 5.16 Å². The van der Waals surface area contributed by atoms with E-state index < -0.39 is 9.84 Å². The number of aryl methyl sites for hydroxylation is 1. The number of nitrogens with zero attached hydrogens (tertiary/aromatic N) is 1. The van der Waals surface area contributed by atoms with Crippen molar-refractivity contribution in [1.82, 2.24) is 0 Å². The van der Waals surface area contributed by atoms with Crippen LogP contribution < -0.4 is 4.74 Å². The zero-order valence-electron chi connectivity index (χ0n) is 12.2. The largest absolute Gasteiger partial charge is 0.494 e. The van der Waals surface area contributed by atoms with E-state index in [-0.39, 0.29) is 11.5 Å². The molecule has 1 N–H and O–H groups in total. The standard InChI is InChI=1S/C15H21NO4S/c1-2-21(18,19)10-4-9-20-13-8-7-12-5-3-6-15(16-17)14(12)11-13/h7-8,11,17H,2-6,9-10H2,1H3/b16-15-. The predicted octanol–water partition coefficient (Wildman–Crippen LogP) is 2.40. The number of oxime groups is 1. The van der Waals surface area contributed by atoms with Crippen LogP contribution in [0.2, 0.25) is 0 Å². The lowest BCUT2D eigenvalue weighted by Crippen LogP contribution is -2.13. The Morgan fingerprint density at radius 1 is 1.33 bits per heavy atom. The molecule has 0 aliphatic heterocycles. The fourth-order valence-electron chi connectivity index (χ4n) is 2.43. The average Bonchev–Trinajstić information content (AvgIpc) is 2.51. The zero-order valence-corrected chi connectivity index (χ0v) is 13.0. The second-order valence-corrected chi connectivity index (χ2v) is 7.63. The number of hydrogen-bond acceptors (Lipinski definition) is 5. The van der Waals surface area contributed by atoms with Crippen molar-refractivity contribution < 1.29 is 18.4 Å². The smallest absolute Gasteiger partial charge is 0.150 e. The van der Waals surface area contributed by atoms with Gasteiger partial charge in [-0.15, -0.1) is 0 Å². The highest BCUT2D eigenvalue weighted by molar-refractivity contribution is 7.91. The second kappa shape index (κ2) is 6.93. The van der Waals surface area contributed by atoms with E-state index in [1.807, 2.05) is 18.2 Å². The number of fused-ring (bicyclic) bond motifs is 1. The van der Waals surface area contributed by atoms with Crippen LogP contribution in [0.15, 0.2) is 23.4 Å². The molecule has 1 aliphatic rings. The summed E-state index contributed by atoms with van der Waals surface area (Å²) in [6.45, 7) is 2.01. The average molecular weight is 311 g/mol. The molecule has 0 atom stereocenters. The van der Waals surface area contributed by atoms with E-state index in [0.717, 1.165) is 30.4 Å². The Balaban J connectivity index is 1.96. The first-order chi connectivity index (χ1) is 10.1. The van der Waals surface area contributed by atoms with E-state index in [0.29, 0.717) is 24.5 Å². The molecular weight excluding hydrogens is 290 g/mol. The van der Waals surface area contributed by atoms with Crippen LogP contribution in [0.5, 0.6) is 5.75 Å². The van der Waals surface area contributed by atoms with Crippen LogP contribution in [0.4, 0.5) is 0 Å². The first-order valence-electron chi connectivity index (χ1n) is 7.23. The van der Waals surface area contributed by atoms with E-state index in [9.17, 15) is 8.42 Å². The predicted molar refractivity (Wildman–Crippen MR) is 82.1 cm³/mol. The first kappa shape index (κ1) is 15.8. The first-order valence-corrected chi connectivity index (χ1v) is 9.05. The molecule has 0 radical (unpaired) electrons. The van der Waals surface area contributed by atoms with Gasteiger partial charge in [-0.1, -0.05) is 18.1 Å². The van der Waals surface area contributed by atoms with Gasteiger partial charge in [0.05, 0.1) is 18.1 Å². The van der Waals surface area contributed by atoms with Gasteiger partial charge in [0.15, 0.2) is 0 Å².